The zero-order chi connectivity index (χ0) is 10.3. The quantitative estimate of drug-likeness (QED) is 0.756. The average Bonchev–Trinajstić information content (AvgIpc) is 2.79. The number of nitrogens with zero attached hydrogens (tertiary/aromatic N) is 1. The molecule has 0 atom stereocenters. The summed E-state index contributed by atoms with van der Waals surface area (Å²) in [7, 11) is 0. The highest BCUT2D eigenvalue weighted by atomic mass is 16.5. The second-order valence-corrected chi connectivity index (χ2v) is 4.45. The molecule has 1 saturated carbocycles. The van der Waals surface area contributed by atoms with Gasteiger partial charge in [0.1, 0.15) is 5.76 Å². The summed E-state index contributed by atoms with van der Waals surface area (Å²) in [5.41, 5.74) is 0. The number of hydrogen-bond acceptors (Lipinski definition) is 3. The minimum atomic E-state index is 0.812. The number of nitrogens with one attached hydrogen (secondary N) is 1. The van der Waals surface area contributed by atoms with E-state index < -0.39 is 0 Å². The van der Waals surface area contributed by atoms with Gasteiger partial charge in [-0.1, -0.05) is 37.3 Å². The zero-order valence-electron chi connectivity index (χ0n) is 9.24. The molecule has 0 aromatic carbocycles. The van der Waals surface area contributed by atoms with Crippen molar-refractivity contribution in [3.05, 3.63) is 18.0 Å². The molecule has 1 aliphatic rings. The highest BCUT2D eigenvalue weighted by molar-refractivity contribution is 4.91. The Morgan fingerprint density at radius 2 is 2.20 bits per heavy atom. The predicted molar refractivity (Wildman–Crippen MR) is 59.4 cm³/mol. The van der Waals surface area contributed by atoms with Crippen LogP contribution in [-0.2, 0) is 6.54 Å². The summed E-state index contributed by atoms with van der Waals surface area (Å²) in [6.07, 6.45) is 10.2. The molecule has 3 nitrogen and oxygen atoms in total. The van der Waals surface area contributed by atoms with Crippen molar-refractivity contribution in [2.75, 3.05) is 6.54 Å². The molecule has 84 valence electrons. The van der Waals surface area contributed by atoms with Gasteiger partial charge < -0.3 is 9.84 Å². The Morgan fingerprint density at radius 1 is 1.33 bits per heavy atom. The van der Waals surface area contributed by atoms with Crippen LogP contribution in [0.15, 0.2) is 16.8 Å². The molecule has 1 aliphatic carbocycles. The summed E-state index contributed by atoms with van der Waals surface area (Å²) >= 11 is 0. The monoisotopic (exact) mass is 208 g/mol. The molecular weight excluding hydrogens is 188 g/mol. The Morgan fingerprint density at radius 3 is 2.93 bits per heavy atom. The fourth-order valence-electron chi connectivity index (χ4n) is 2.33. The van der Waals surface area contributed by atoms with E-state index in [9.17, 15) is 0 Å². The first-order valence-corrected chi connectivity index (χ1v) is 6.05. The second kappa shape index (κ2) is 5.91. The van der Waals surface area contributed by atoms with Crippen molar-refractivity contribution in [1.82, 2.24) is 10.5 Å². The fraction of sp³-hybridized carbons (Fsp3) is 0.750. The Kier molecular flexibility index (Phi) is 4.21. The van der Waals surface area contributed by atoms with Crippen LogP contribution in [-0.4, -0.2) is 11.7 Å². The Labute approximate surface area is 91.2 Å². The van der Waals surface area contributed by atoms with Crippen LogP contribution in [0.1, 0.15) is 44.3 Å². The fourth-order valence-corrected chi connectivity index (χ4v) is 2.33. The largest absolute Gasteiger partial charge is 0.360 e. The lowest BCUT2D eigenvalue weighted by Gasteiger charge is -2.21. The molecule has 0 aliphatic heterocycles. The molecule has 1 N–H and O–H groups in total. The van der Waals surface area contributed by atoms with Gasteiger partial charge in [-0.25, -0.2) is 0 Å². The third kappa shape index (κ3) is 3.67. The highest BCUT2D eigenvalue weighted by Gasteiger charge is 2.12. The third-order valence-corrected chi connectivity index (χ3v) is 3.24. The van der Waals surface area contributed by atoms with Crippen LogP contribution in [0, 0.1) is 5.92 Å². The first kappa shape index (κ1) is 10.7. The van der Waals surface area contributed by atoms with E-state index in [1.165, 1.54) is 38.5 Å². The van der Waals surface area contributed by atoms with Gasteiger partial charge in [-0.15, -0.1) is 0 Å². The maximum Gasteiger partial charge on any atom is 0.150 e. The van der Waals surface area contributed by atoms with Crippen LogP contribution in [0.3, 0.4) is 0 Å². The van der Waals surface area contributed by atoms with Crippen molar-refractivity contribution in [3.63, 3.8) is 0 Å². The summed E-state index contributed by atoms with van der Waals surface area (Å²) in [6.45, 7) is 1.91. The van der Waals surface area contributed by atoms with Gasteiger partial charge in [-0.2, -0.15) is 0 Å². The SMILES string of the molecule is c1cc(CNCCC2CCCCC2)on1. The predicted octanol–water partition coefficient (Wildman–Crippen LogP) is 2.73. The Balaban J connectivity index is 1.54. The van der Waals surface area contributed by atoms with E-state index in [-0.39, 0.29) is 0 Å². The Bertz CT molecular complexity index is 253. The maximum absolute atomic E-state index is 5.01. The molecule has 15 heavy (non-hydrogen) atoms. The van der Waals surface area contributed by atoms with Crippen LogP contribution in [0.4, 0.5) is 0 Å². The number of rotatable bonds is 5. The van der Waals surface area contributed by atoms with E-state index in [0.29, 0.717) is 0 Å². The highest BCUT2D eigenvalue weighted by Crippen LogP contribution is 2.25. The molecule has 3 heteroatoms. The lowest BCUT2D eigenvalue weighted by atomic mass is 9.87. The molecule has 0 spiro atoms. The molecule has 1 heterocycles. The van der Waals surface area contributed by atoms with Crippen molar-refractivity contribution < 1.29 is 4.52 Å². The van der Waals surface area contributed by atoms with Crippen LogP contribution in [0.5, 0.6) is 0 Å². The van der Waals surface area contributed by atoms with Gasteiger partial charge in [-0.05, 0) is 18.9 Å². The van der Waals surface area contributed by atoms with Crippen LogP contribution in [0.2, 0.25) is 0 Å². The summed E-state index contributed by atoms with van der Waals surface area (Å²) < 4.78 is 5.01. The first-order valence-electron chi connectivity index (χ1n) is 6.05. The van der Waals surface area contributed by atoms with Crippen molar-refractivity contribution in [1.29, 1.82) is 0 Å². The average molecular weight is 208 g/mol. The van der Waals surface area contributed by atoms with E-state index in [0.717, 1.165) is 24.8 Å². The minimum absolute atomic E-state index is 0.812. The maximum atomic E-state index is 5.01. The normalized spacial score (nSPS) is 18.1. The first-order chi connectivity index (χ1) is 7.45. The third-order valence-electron chi connectivity index (χ3n) is 3.24. The molecule has 1 aromatic heterocycles. The van der Waals surface area contributed by atoms with Gasteiger partial charge in [0.2, 0.25) is 0 Å². The van der Waals surface area contributed by atoms with Crippen molar-refractivity contribution >= 4 is 0 Å². The van der Waals surface area contributed by atoms with Crippen molar-refractivity contribution in [2.45, 2.75) is 45.1 Å². The summed E-state index contributed by atoms with van der Waals surface area (Å²) in [5, 5.41) is 7.08. The topological polar surface area (TPSA) is 38.1 Å². The van der Waals surface area contributed by atoms with Gasteiger partial charge in [0.15, 0.2) is 0 Å². The molecule has 0 radical (unpaired) electrons. The van der Waals surface area contributed by atoms with Gasteiger partial charge in [0, 0.05) is 6.07 Å². The van der Waals surface area contributed by atoms with E-state index in [1.807, 2.05) is 6.07 Å². The Hall–Kier alpha value is -0.830. The zero-order valence-corrected chi connectivity index (χ0v) is 9.24. The summed E-state index contributed by atoms with van der Waals surface area (Å²) in [5.74, 6) is 1.89. The van der Waals surface area contributed by atoms with Gasteiger partial charge in [-0.3, -0.25) is 0 Å². The number of aromatic nitrogens is 1. The standard InChI is InChI=1S/C12H20N2O/c1-2-4-11(5-3-1)6-8-13-10-12-7-9-14-15-12/h7,9,11,13H,1-6,8,10H2. The van der Waals surface area contributed by atoms with Crippen LogP contribution < -0.4 is 5.32 Å². The molecular formula is C12H20N2O. The molecule has 0 amide bonds. The van der Waals surface area contributed by atoms with E-state index in [2.05, 4.69) is 10.5 Å². The lowest BCUT2D eigenvalue weighted by molar-refractivity contribution is 0.327. The lowest BCUT2D eigenvalue weighted by Crippen LogP contribution is -2.18. The minimum Gasteiger partial charge on any atom is -0.360 e. The molecule has 2 rings (SSSR count). The molecule has 1 fully saturated rings. The van der Waals surface area contributed by atoms with Gasteiger partial charge >= 0.3 is 0 Å². The van der Waals surface area contributed by atoms with Gasteiger partial charge in [0.25, 0.3) is 0 Å². The van der Waals surface area contributed by atoms with Crippen LogP contribution >= 0.6 is 0 Å². The van der Waals surface area contributed by atoms with Crippen molar-refractivity contribution in [3.8, 4) is 0 Å². The van der Waals surface area contributed by atoms with E-state index in [4.69, 9.17) is 4.52 Å². The summed E-state index contributed by atoms with van der Waals surface area (Å²) in [4.78, 5) is 0. The molecule has 0 saturated heterocycles. The second-order valence-electron chi connectivity index (χ2n) is 4.45. The summed E-state index contributed by atoms with van der Waals surface area (Å²) in [6, 6.07) is 1.91. The smallest absolute Gasteiger partial charge is 0.150 e. The molecule has 0 bridgehead atoms. The van der Waals surface area contributed by atoms with E-state index in [1.54, 1.807) is 6.20 Å². The molecule has 0 unspecified atom stereocenters. The van der Waals surface area contributed by atoms with Gasteiger partial charge in [0.05, 0.1) is 12.7 Å². The van der Waals surface area contributed by atoms with Crippen molar-refractivity contribution in [2.24, 2.45) is 5.92 Å². The molecule has 1 aromatic rings. The van der Waals surface area contributed by atoms with E-state index >= 15 is 0 Å². The number of hydrogen-bond donors (Lipinski definition) is 1. The van der Waals surface area contributed by atoms with Crippen LogP contribution in [0.25, 0.3) is 0 Å².